The molecule has 26 heavy (non-hydrogen) atoms. The third kappa shape index (κ3) is 3.62. The van der Waals surface area contributed by atoms with Crippen LogP contribution in [0.3, 0.4) is 0 Å². The second kappa shape index (κ2) is 6.56. The van der Waals surface area contributed by atoms with Gasteiger partial charge in [-0.05, 0) is 41.5 Å². The van der Waals surface area contributed by atoms with Crippen molar-refractivity contribution in [2.45, 2.75) is 46.5 Å². The summed E-state index contributed by atoms with van der Waals surface area (Å²) in [5, 5.41) is 2.73. The number of ketones is 1. The van der Waals surface area contributed by atoms with Gasteiger partial charge in [-0.25, -0.2) is 0 Å². The fraction of sp³-hybridized carbons (Fsp3) is 0.381. The van der Waals surface area contributed by atoms with E-state index >= 15 is 0 Å². The molecule has 2 aromatic rings. The van der Waals surface area contributed by atoms with Crippen molar-refractivity contribution >= 4 is 17.4 Å². The molecule has 0 saturated carbocycles. The predicted octanol–water partition coefficient (Wildman–Crippen LogP) is 3.91. The summed E-state index contributed by atoms with van der Waals surface area (Å²) >= 11 is 0. The summed E-state index contributed by atoms with van der Waals surface area (Å²) in [6.07, 6.45) is 1.02. The second-order valence-corrected chi connectivity index (χ2v) is 8.08. The number of anilines is 1. The summed E-state index contributed by atoms with van der Waals surface area (Å²) in [4.78, 5) is 40.0. The van der Waals surface area contributed by atoms with Crippen molar-refractivity contribution in [3.63, 3.8) is 0 Å². The monoisotopic (exact) mass is 352 g/mol. The molecule has 136 valence electrons. The topological polar surface area (TPSA) is 79.0 Å². The Morgan fingerprint density at radius 3 is 2.38 bits per heavy atom. The number of H-pyrrole nitrogens is 1. The van der Waals surface area contributed by atoms with E-state index in [4.69, 9.17) is 0 Å². The predicted molar refractivity (Wildman–Crippen MR) is 102 cm³/mol. The highest BCUT2D eigenvalue weighted by Gasteiger charge is 2.32. The smallest absolute Gasteiger partial charge is 0.261 e. The number of aromatic amines is 1. The number of rotatable bonds is 3. The number of carbonyl (C=O) groups is 2. The van der Waals surface area contributed by atoms with Crippen molar-refractivity contribution in [2.24, 2.45) is 5.41 Å². The Morgan fingerprint density at radius 2 is 1.77 bits per heavy atom. The standard InChI is InChI=1S/C21H24N2O3/c1-12(2)13-5-7-14(8-6-13)22-19(25)16-9-15-17(23-20(16)26)10-21(3,4)11-18(15)24/h5-9,12H,10-11H2,1-4H3,(H,22,25)(H,23,26). The molecule has 1 aliphatic carbocycles. The van der Waals surface area contributed by atoms with Crippen molar-refractivity contribution in [1.29, 1.82) is 0 Å². The van der Waals surface area contributed by atoms with Gasteiger partial charge in [0.15, 0.2) is 5.78 Å². The van der Waals surface area contributed by atoms with Crippen LogP contribution in [-0.2, 0) is 6.42 Å². The zero-order valence-electron chi connectivity index (χ0n) is 15.6. The average molecular weight is 352 g/mol. The fourth-order valence-electron chi connectivity index (χ4n) is 3.35. The first-order chi connectivity index (χ1) is 12.2. The van der Waals surface area contributed by atoms with E-state index in [0.717, 1.165) is 0 Å². The van der Waals surface area contributed by atoms with Gasteiger partial charge in [0.05, 0.1) is 0 Å². The lowest BCUT2D eigenvalue weighted by molar-refractivity contribution is 0.0910. The molecule has 0 radical (unpaired) electrons. The summed E-state index contributed by atoms with van der Waals surface area (Å²) in [6.45, 7) is 8.18. The van der Waals surface area contributed by atoms with E-state index in [9.17, 15) is 14.4 Å². The minimum atomic E-state index is -0.510. The Kier molecular flexibility index (Phi) is 4.57. The van der Waals surface area contributed by atoms with Crippen LogP contribution in [0.15, 0.2) is 35.1 Å². The maximum absolute atomic E-state index is 12.5. The number of hydrogen-bond acceptors (Lipinski definition) is 3. The van der Waals surface area contributed by atoms with Crippen molar-refractivity contribution in [3.8, 4) is 0 Å². The molecule has 0 atom stereocenters. The van der Waals surface area contributed by atoms with Gasteiger partial charge in [0.1, 0.15) is 5.56 Å². The van der Waals surface area contributed by atoms with Gasteiger partial charge in [-0.2, -0.15) is 0 Å². The molecule has 2 N–H and O–H groups in total. The Morgan fingerprint density at radius 1 is 1.12 bits per heavy atom. The first kappa shape index (κ1) is 18.1. The molecule has 1 aromatic carbocycles. The number of carbonyl (C=O) groups excluding carboxylic acids is 2. The van der Waals surface area contributed by atoms with Gasteiger partial charge in [-0.15, -0.1) is 0 Å². The summed E-state index contributed by atoms with van der Waals surface area (Å²) in [5.74, 6) is -0.148. The fourth-order valence-corrected chi connectivity index (χ4v) is 3.35. The zero-order chi connectivity index (χ0) is 19.1. The van der Waals surface area contributed by atoms with Gasteiger partial charge in [-0.3, -0.25) is 14.4 Å². The normalized spacial score (nSPS) is 15.7. The maximum Gasteiger partial charge on any atom is 0.261 e. The number of amides is 1. The van der Waals surface area contributed by atoms with Crippen LogP contribution in [0.5, 0.6) is 0 Å². The molecule has 0 aliphatic heterocycles. The molecule has 5 nitrogen and oxygen atoms in total. The molecule has 0 spiro atoms. The molecule has 0 fully saturated rings. The first-order valence-corrected chi connectivity index (χ1v) is 8.87. The van der Waals surface area contributed by atoms with Crippen LogP contribution in [-0.4, -0.2) is 16.7 Å². The van der Waals surface area contributed by atoms with Crippen LogP contribution in [0.25, 0.3) is 0 Å². The highest BCUT2D eigenvalue weighted by molar-refractivity contribution is 6.06. The summed E-state index contributed by atoms with van der Waals surface area (Å²) in [6, 6.07) is 8.95. The van der Waals surface area contributed by atoms with E-state index in [1.165, 1.54) is 11.6 Å². The summed E-state index contributed by atoms with van der Waals surface area (Å²) in [5.41, 5.74) is 2.16. The van der Waals surface area contributed by atoms with Crippen LogP contribution >= 0.6 is 0 Å². The molecule has 5 heteroatoms. The van der Waals surface area contributed by atoms with Crippen LogP contribution in [0.2, 0.25) is 0 Å². The van der Waals surface area contributed by atoms with Crippen LogP contribution in [0.4, 0.5) is 5.69 Å². The van der Waals surface area contributed by atoms with Crippen molar-refractivity contribution in [1.82, 2.24) is 4.98 Å². The third-order valence-electron chi connectivity index (χ3n) is 4.80. The van der Waals surface area contributed by atoms with E-state index in [1.807, 2.05) is 38.1 Å². The summed E-state index contributed by atoms with van der Waals surface area (Å²) in [7, 11) is 0. The van der Waals surface area contributed by atoms with Gasteiger partial charge >= 0.3 is 0 Å². The SMILES string of the molecule is CC(C)c1ccc(NC(=O)c2cc3c([nH]c2=O)CC(C)(C)CC3=O)cc1. The maximum atomic E-state index is 12.5. The number of nitrogens with one attached hydrogen (secondary N) is 2. The van der Waals surface area contributed by atoms with Crippen LogP contribution in [0, 0.1) is 5.41 Å². The van der Waals surface area contributed by atoms with Crippen LogP contribution < -0.4 is 10.9 Å². The summed E-state index contributed by atoms with van der Waals surface area (Å²) < 4.78 is 0. The van der Waals surface area contributed by atoms with E-state index in [-0.39, 0.29) is 16.8 Å². The molecule has 3 rings (SSSR count). The number of Topliss-reactive ketones (excluding diaryl/α,β-unsaturated/α-hetero) is 1. The molecule has 1 amide bonds. The van der Waals surface area contributed by atoms with Gasteiger partial charge in [-0.1, -0.05) is 39.8 Å². The third-order valence-corrected chi connectivity index (χ3v) is 4.80. The molecule has 0 bridgehead atoms. The minimum absolute atomic E-state index is 0.0373. The van der Waals surface area contributed by atoms with Crippen molar-refractivity contribution in [3.05, 3.63) is 63.1 Å². The van der Waals surface area contributed by atoms with Gasteiger partial charge in [0.25, 0.3) is 11.5 Å². The Hall–Kier alpha value is -2.69. The van der Waals surface area contributed by atoms with E-state index < -0.39 is 11.5 Å². The average Bonchev–Trinajstić information content (AvgIpc) is 2.53. The Labute approximate surface area is 152 Å². The molecule has 1 aromatic heterocycles. The number of pyridine rings is 1. The van der Waals surface area contributed by atoms with Gasteiger partial charge in [0, 0.05) is 23.4 Å². The number of benzene rings is 1. The van der Waals surface area contributed by atoms with Crippen molar-refractivity contribution < 1.29 is 9.59 Å². The molecule has 1 heterocycles. The molecule has 0 saturated heterocycles. The molecule has 0 unspecified atom stereocenters. The lowest BCUT2D eigenvalue weighted by Crippen LogP contribution is -2.32. The van der Waals surface area contributed by atoms with Crippen LogP contribution in [0.1, 0.15) is 72.0 Å². The van der Waals surface area contributed by atoms with Gasteiger partial charge in [0.2, 0.25) is 0 Å². The lowest BCUT2D eigenvalue weighted by Gasteiger charge is -2.29. The Bertz CT molecular complexity index is 921. The second-order valence-electron chi connectivity index (χ2n) is 8.08. The largest absolute Gasteiger partial charge is 0.325 e. The zero-order valence-corrected chi connectivity index (χ0v) is 15.6. The Balaban J connectivity index is 1.87. The quantitative estimate of drug-likeness (QED) is 0.879. The number of aromatic nitrogens is 1. The molecular formula is C21H24N2O3. The minimum Gasteiger partial charge on any atom is -0.325 e. The van der Waals surface area contributed by atoms with E-state index in [2.05, 4.69) is 24.1 Å². The van der Waals surface area contributed by atoms with Gasteiger partial charge < -0.3 is 10.3 Å². The number of fused-ring (bicyclic) bond motifs is 1. The molecular weight excluding hydrogens is 328 g/mol. The first-order valence-electron chi connectivity index (χ1n) is 8.87. The van der Waals surface area contributed by atoms with Crippen molar-refractivity contribution in [2.75, 3.05) is 5.32 Å². The van der Waals surface area contributed by atoms with E-state index in [1.54, 1.807) is 0 Å². The number of hydrogen-bond donors (Lipinski definition) is 2. The lowest BCUT2D eigenvalue weighted by atomic mass is 9.75. The highest BCUT2D eigenvalue weighted by atomic mass is 16.2. The molecule has 1 aliphatic rings. The highest BCUT2D eigenvalue weighted by Crippen LogP contribution is 2.33. The van der Waals surface area contributed by atoms with E-state index in [0.29, 0.717) is 35.7 Å².